The van der Waals surface area contributed by atoms with E-state index < -0.39 is 0 Å². The van der Waals surface area contributed by atoms with Crippen molar-refractivity contribution in [2.45, 2.75) is 40.0 Å². The quantitative estimate of drug-likeness (QED) is 0.537. The molecule has 0 aromatic heterocycles. The van der Waals surface area contributed by atoms with Crippen LogP contribution in [-0.4, -0.2) is 5.78 Å². The van der Waals surface area contributed by atoms with Gasteiger partial charge in [0.25, 0.3) is 0 Å². The molecule has 106 valence electrons. The number of hydrogen-bond acceptors (Lipinski definition) is 1. The summed E-state index contributed by atoms with van der Waals surface area (Å²) in [5.41, 5.74) is 2.97. The van der Waals surface area contributed by atoms with Crippen molar-refractivity contribution in [1.29, 1.82) is 0 Å². The molecule has 1 unspecified atom stereocenters. The summed E-state index contributed by atoms with van der Waals surface area (Å²) < 4.78 is 0. The molecule has 0 radical (unpaired) electrons. The third-order valence-electron chi connectivity index (χ3n) is 4.34. The van der Waals surface area contributed by atoms with Crippen LogP contribution in [0.2, 0.25) is 0 Å². The molecule has 1 aromatic carbocycles. The van der Waals surface area contributed by atoms with Crippen LogP contribution >= 0.6 is 0 Å². The number of ketones is 1. The van der Waals surface area contributed by atoms with Gasteiger partial charge in [-0.3, -0.25) is 4.79 Å². The molecule has 20 heavy (non-hydrogen) atoms. The highest BCUT2D eigenvalue weighted by Gasteiger charge is 2.34. The zero-order valence-corrected chi connectivity index (χ0v) is 12.8. The molecule has 0 amide bonds. The Morgan fingerprint density at radius 2 is 1.80 bits per heavy atom. The van der Waals surface area contributed by atoms with Crippen LogP contribution in [-0.2, 0) is 4.79 Å². The molecule has 1 heteroatoms. The first-order chi connectivity index (χ1) is 9.44. The Hall–Kier alpha value is -1.63. The molecule has 2 rings (SSSR count). The number of Topliss-reactive ketones (excluding diaryl/α,β-unsaturated/α-hetero) is 1. The van der Waals surface area contributed by atoms with Crippen LogP contribution in [0, 0.1) is 11.3 Å². The van der Waals surface area contributed by atoms with Crippen LogP contribution in [0.25, 0.3) is 12.2 Å². The summed E-state index contributed by atoms with van der Waals surface area (Å²) in [6, 6.07) is 8.19. The Balaban J connectivity index is 2.37. The smallest absolute Gasteiger partial charge is 0.164 e. The fourth-order valence-corrected chi connectivity index (χ4v) is 2.85. The lowest BCUT2D eigenvalue weighted by Crippen LogP contribution is -2.25. The van der Waals surface area contributed by atoms with Gasteiger partial charge in [-0.1, -0.05) is 64.1 Å². The third-order valence-corrected chi connectivity index (χ3v) is 4.34. The number of carbonyl (C=O) groups is 1. The Kier molecular flexibility index (Phi) is 4.27. The molecule has 1 saturated carbocycles. The van der Waals surface area contributed by atoms with Crippen molar-refractivity contribution >= 4 is 17.9 Å². The number of allylic oxidation sites excluding steroid dienone is 1. The first kappa shape index (κ1) is 14.8. The average molecular weight is 268 g/mol. The van der Waals surface area contributed by atoms with Crippen LogP contribution in [0.1, 0.15) is 51.2 Å². The van der Waals surface area contributed by atoms with Gasteiger partial charge in [-0.25, -0.2) is 0 Å². The summed E-state index contributed by atoms with van der Waals surface area (Å²) in [6.45, 7) is 10.1. The van der Waals surface area contributed by atoms with E-state index in [1.807, 2.05) is 18.2 Å². The Morgan fingerprint density at radius 3 is 2.40 bits per heavy atom. The fraction of sp³-hybridized carbons (Fsp3) is 0.421. The summed E-state index contributed by atoms with van der Waals surface area (Å²) >= 11 is 0. The van der Waals surface area contributed by atoms with E-state index in [0.717, 1.165) is 36.0 Å². The van der Waals surface area contributed by atoms with Crippen molar-refractivity contribution in [3.63, 3.8) is 0 Å². The number of rotatable bonds is 2. The minimum atomic E-state index is -0.225. The second-order valence-corrected chi connectivity index (χ2v) is 6.48. The minimum absolute atomic E-state index is 0.225. The predicted octanol–water partition coefficient (Wildman–Crippen LogP) is 5.13. The summed E-state index contributed by atoms with van der Waals surface area (Å²) in [4.78, 5) is 12.7. The van der Waals surface area contributed by atoms with Gasteiger partial charge in [0, 0.05) is 5.41 Å². The topological polar surface area (TPSA) is 17.1 Å². The van der Waals surface area contributed by atoms with Crippen molar-refractivity contribution in [3.8, 4) is 0 Å². The molecule has 1 nitrogen and oxygen atoms in total. The molecule has 0 spiro atoms. The van der Waals surface area contributed by atoms with Crippen molar-refractivity contribution < 1.29 is 4.79 Å². The van der Waals surface area contributed by atoms with Gasteiger partial charge in [-0.15, -0.1) is 0 Å². The number of hydrogen-bond donors (Lipinski definition) is 0. The van der Waals surface area contributed by atoms with Crippen LogP contribution < -0.4 is 0 Å². The monoisotopic (exact) mass is 268 g/mol. The molecule has 0 heterocycles. The second-order valence-electron chi connectivity index (χ2n) is 6.48. The van der Waals surface area contributed by atoms with Crippen molar-refractivity contribution in [1.82, 2.24) is 0 Å². The highest BCUT2D eigenvalue weighted by Crippen LogP contribution is 2.37. The minimum Gasteiger partial charge on any atom is -0.294 e. The predicted molar refractivity (Wildman–Crippen MR) is 86.3 cm³/mol. The maximum Gasteiger partial charge on any atom is 0.164 e. The lowest BCUT2D eigenvalue weighted by Gasteiger charge is -2.22. The Bertz CT molecular complexity index is 531. The molecular formula is C19H24O. The molecular weight excluding hydrogens is 244 g/mol. The molecule has 0 bridgehead atoms. The molecule has 1 aromatic rings. The standard InChI is InChI=1S/C19H24O/c1-5-15-8-10-16(11-9-15)13-17-14(2)7-6-12-19(3,4)18(17)20/h5,8-11,13-14H,1,6-7,12H2,2-4H3/b17-13+. The van der Waals surface area contributed by atoms with E-state index in [2.05, 4.69) is 45.6 Å². The first-order valence-corrected chi connectivity index (χ1v) is 7.43. The van der Waals surface area contributed by atoms with Crippen LogP contribution in [0.15, 0.2) is 36.4 Å². The largest absolute Gasteiger partial charge is 0.294 e. The van der Waals surface area contributed by atoms with E-state index >= 15 is 0 Å². The molecule has 0 N–H and O–H groups in total. The van der Waals surface area contributed by atoms with Crippen molar-refractivity contribution in [2.24, 2.45) is 11.3 Å². The number of benzene rings is 1. The van der Waals surface area contributed by atoms with Crippen molar-refractivity contribution in [2.75, 3.05) is 0 Å². The van der Waals surface area contributed by atoms with Crippen LogP contribution in [0.4, 0.5) is 0 Å². The second kappa shape index (κ2) is 5.78. The van der Waals surface area contributed by atoms with Gasteiger partial charge in [-0.2, -0.15) is 0 Å². The summed E-state index contributed by atoms with van der Waals surface area (Å²) in [7, 11) is 0. The molecule has 0 aliphatic heterocycles. The van der Waals surface area contributed by atoms with Gasteiger partial charge in [-0.05, 0) is 41.5 Å². The average Bonchev–Trinajstić information content (AvgIpc) is 2.52. The van der Waals surface area contributed by atoms with E-state index in [1.54, 1.807) is 0 Å². The zero-order chi connectivity index (χ0) is 14.8. The van der Waals surface area contributed by atoms with E-state index in [9.17, 15) is 4.79 Å². The van der Waals surface area contributed by atoms with E-state index in [0.29, 0.717) is 11.7 Å². The molecule has 0 saturated heterocycles. The van der Waals surface area contributed by atoms with Crippen LogP contribution in [0.3, 0.4) is 0 Å². The zero-order valence-electron chi connectivity index (χ0n) is 12.8. The van der Waals surface area contributed by atoms with Gasteiger partial charge >= 0.3 is 0 Å². The van der Waals surface area contributed by atoms with E-state index in [-0.39, 0.29) is 5.41 Å². The van der Waals surface area contributed by atoms with E-state index in [4.69, 9.17) is 0 Å². The van der Waals surface area contributed by atoms with Gasteiger partial charge in [0.1, 0.15) is 0 Å². The summed E-state index contributed by atoms with van der Waals surface area (Å²) in [6.07, 6.45) is 7.13. The Morgan fingerprint density at radius 1 is 1.20 bits per heavy atom. The third kappa shape index (κ3) is 3.09. The lowest BCUT2D eigenvalue weighted by molar-refractivity contribution is -0.123. The van der Waals surface area contributed by atoms with Crippen molar-refractivity contribution in [3.05, 3.63) is 47.5 Å². The highest BCUT2D eigenvalue weighted by molar-refractivity contribution is 6.03. The van der Waals surface area contributed by atoms with Crippen LogP contribution in [0.5, 0.6) is 0 Å². The first-order valence-electron chi connectivity index (χ1n) is 7.43. The fourth-order valence-electron chi connectivity index (χ4n) is 2.85. The normalized spacial score (nSPS) is 24.4. The molecule has 1 aliphatic rings. The lowest BCUT2D eigenvalue weighted by atomic mass is 9.80. The molecule has 1 fully saturated rings. The van der Waals surface area contributed by atoms with Gasteiger partial charge in [0.05, 0.1) is 0 Å². The highest BCUT2D eigenvalue weighted by atomic mass is 16.1. The summed E-state index contributed by atoms with van der Waals surface area (Å²) in [5.74, 6) is 0.665. The SMILES string of the molecule is C=Cc1ccc(/C=C2/C(=O)C(C)(C)CCCC2C)cc1. The van der Waals surface area contributed by atoms with Gasteiger partial charge in [0.15, 0.2) is 5.78 Å². The van der Waals surface area contributed by atoms with Gasteiger partial charge < -0.3 is 0 Å². The maximum absolute atomic E-state index is 12.7. The molecule has 1 aliphatic carbocycles. The van der Waals surface area contributed by atoms with E-state index in [1.165, 1.54) is 0 Å². The number of carbonyl (C=O) groups excluding carboxylic acids is 1. The summed E-state index contributed by atoms with van der Waals surface area (Å²) in [5, 5.41) is 0. The van der Waals surface area contributed by atoms with Gasteiger partial charge in [0.2, 0.25) is 0 Å². The molecule has 1 atom stereocenters. The maximum atomic E-state index is 12.7. The Labute approximate surface area is 122 Å².